The maximum Gasteiger partial charge on any atom is 0.196 e. The van der Waals surface area contributed by atoms with Crippen molar-refractivity contribution in [2.24, 2.45) is 0 Å². The molecule has 0 bridgehead atoms. The summed E-state index contributed by atoms with van der Waals surface area (Å²) in [7, 11) is 0. The van der Waals surface area contributed by atoms with E-state index in [9.17, 15) is 0 Å². The van der Waals surface area contributed by atoms with Crippen LogP contribution in [0.3, 0.4) is 0 Å². The van der Waals surface area contributed by atoms with Gasteiger partial charge in [0.1, 0.15) is 17.4 Å². The average Bonchev–Trinajstić information content (AvgIpc) is 2.65. The Balaban J connectivity index is 2.03. The van der Waals surface area contributed by atoms with Gasteiger partial charge in [0.15, 0.2) is 6.29 Å². The molecule has 1 atom stereocenters. The second kappa shape index (κ2) is 4.77. The van der Waals surface area contributed by atoms with Crippen molar-refractivity contribution >= 4 is 11.8 Å². The minimum Gasteiger partial charge on any atom is -0.481 e. The Kier molecular flexibility index (Phi) is 3.38. The van der Waals surface area contributed by atoms with Gasteiger partial charge in [0.05, 0.1) is 4.90 Å². The third-order valence-electron chi connectivity index (χ3n) is 2.05. The zero-order valence-electron chi connectivity index (χ0n) is 8.86. The van der Waals surface area contributed by atoms with E-state index >= 15 is 0 Å². The summed E-state index contributed by atoms with van der Waals surface area (Å²) >= 11 is 1.68. The van der Waals surface area contributed by atoms with Gasteiger partial charge in [-0.2, -0.15) is 0 Å². The molecule has 1 aromatic carbocycles. The molecular weight excluding hydrogens is 212 g/mol. The lowest BCUT2D eigenvalue weighted by molar-refractivity contribution is -0.0614. The summed E-state index contributed by atoms with van der Waals surface area (Å²) in [6, 6.07) is 5.83. The van der Waals surface area contributed by atoms with Crippen LogP contribution in [-0.2, 0) is 4.74 Å². The van der Waals surface area contributed by atoms with Crippen LogP contribution in [-0.4, -0.2) is 18.8 Å². The van der Waals surface area contributed by atoms with Crippen LogP contribution in [0, 0.1) is 0 Å². The van der Waals surface area contributed by atoms with Gasteiger partial charge in [0.2, 0.25) is 0 Å². The molecule has 0 aromatic heterocycles. The summed E-state index contributed by atoms with van der Waals surface area (Å²) < 4.78 is 16.3. The molecule has 1 aromatic rings. The van der Waals surface area contributed by atoms with E-state index in [1.165, 1.54) is 0 Å². The van der Waals surface area contributed by atoms with Crippen LogP contribution >= 0.6 is 11.8 Å². The van der Waals surface area contributed by atoms with Gasteiger partial charge in [-0.25, -0.2) is 0 Å². The molecule has 0 radical (unpaired) electrons. The Morgan fingerprint density at radius 2 is 2.40 bits per heavy atom. The molecule has 0 amide bonds. The number of rotatable bonds is 4. The molecule has 0 spiro atoms. The lowest BCUT2D eigenvalue weighted by Crippen LogP contribution is -2.15. The molecule has 0 N–H and O–H groups in total. The molecular formula is C11H14O3S. The van der Waals surface area contributed by atoms with E-state index in [1.807, 2.05) is 32.0 Å². The first-order valence-corrected chi connectivity index (χ1v) is 5.96. The Morgan fingerprint density at radius 3 is 3.20 bits per heavy atom. The number of ether oxygens (including phenoxy) is 3. The summed E-state index contributed by atoms with van der Waals surface area (Å²) in [5, 5.41) is 0. The minimum atomic E-state index is -0.208. The zero-order chi connectivity index (χ0) is 10.7. The van der Waals surface area contributed by atoms with Crippen molar-refractivity contribution in [1.29, 1.82) is 0 Å². The van der Waals surface area contributed by atoms with E-state index in [-0.39, 0.29) is 6.29 Å². The molecule has 15 heavy (non-hydrogen) atoms. The standard InChI is InChI=1S/C11H14O3S/c1-3-12-8(2)14-9-4-5-10-11(6-9)15-7-13-10/h4-6,8H,3,7H2,1-2H3. The topological polar surface area (TPSA) is 27.7 Å². The monoisotopic (exact) mass is 226 g/mol. The predicted molar refractivity (Wildman–Crippen MR) is 59.5 cm³/mol. The largest absolute Gasteiger partial charge is 0.481 e. The van der Waals surface area contributed by atoms with Crippen molar-refractivity contribution in [1.82, 2.24) is 0 Å². The maximum absolute atomic E-state index is 5.59. The number of thioether (sulfide) groups is 1. The first-order chi connectivity index (χ1) is 7.29. The Bertz CT molecular complexity index is 341. The SMILES string of the molecule is CCOC(C)Oc1ccc2c(c1)SCO2. The van der Waals surface area contributed by atoms with E-state index in [0.717, 1.165) is 16.4 Å². The number of benzene rings is 1. The van der Waals surface area contributed by atoms with Crippen LogP contribution in [0.2, 0.25) is 0 Å². The number of hydrogen-bond donors (Lipinski definition) is 0. The summed E-state index contributed by atoms with van der Waals surface area (Å²) in [5.41, 5.74) is 0. The van der Waals surface area contributed by atoms with Crippen molar-refractivity contribution in [3.8, 4) is 11.5 Å². The molecule has 82 valence electrons. The van der Waals surface area contributed by atoms with Gasteiger partial charge in [-0.15, -0.1) is 0 Å². The van der Waals surface area contributed by atoms with Crippen LogP contribution in [0.4, 0.5) is 0 Å². The molecule has 0 saturated carbocycles. The lowest BCUT2D eigenvalue weighted by atomic mass is 10.3. The summed E-state index contributed by atoms with van der Waals surface area (Å²) in [6.07, 6.45) is -0.208. The van der Waals surface area contributed by atoms with Gasteiger partial charge in [-0.1, -0.05) is 11.8 Å². The van der Waals surface area contributed by atoms with Crippen molar-refractivity contribution < 1.29 is 14.2 Å². The maximum atomic E-state index is 5.59. The Morgan fingerprint density at radius 1 is 1.53 bits per heavy atom. The van der Waals surface area contributed by atoms with Gasteiger partial charge in [0, 0.05) is 6.61 Å². The third-order valence-corrected chi connectivity index (χ3v) is 2.91. The van der Waals surface area contributed by atoms with E-state index in [4.69, 9.17) is 14.2 Å². The Labute approximate surface area is 93.7 Å². The van der Waals surface area contributed by atoms with Crippen LogP contribution in [0.1, 0.15) is 13.8 Å². The van der Waals surface area contributed by atoms with Crippen LogP contribution in [0.15, 0.2) is 23.1 Å². The van der Waals surface area contributed by atoms with Crippen molar-refractivity contribution in [3.05, 3.63) is 18.2 Å². The highest BCUT2D eigenvalue weighted by atomic mass is 32.2. The van der Waals surface area contributed by atoms with Gasteiger partial charge >= 0.3 is 0 Å². The van der Waals surface area contributed by atoms with E-state index in [1.54, 1.807) is 11.8 Å². The molecule has 1 heterocycles. The van der Waals surface area contributed by atoms with E-state index < -0.39 is 0 Å². The first kappa shape index (κ1) is 10.6. The molecule has 1 aliphatic heterocycles. The van der Waals surface area contributed by atoms with Gasteiger partial charge in [-0.3, -0.25) is 0 Å². The number of fused-ring (bicyclic) bond motifs is 1. The van der Waals surface area contributed by atoms with Gasteiger partial charge in [-0.05, 0) is 32.0 Å². The fourth-order valence-electron chi connectivity index (χ4n) is 1.41. The van der Waals surface area contributed by atoms with Crippen LogP contribution < -0.4 is 9.47 Å². The lowest BCUT2D eigenvalue weighted by Gasteiger charge is -2.14. The van der Waals surface area contributed by atoms with Gasteiger partial charge < -0.3 is 14.2 Å². The fourth-order valence-corrected chi connectivity index (χ4v) is 2.19. The molecule has 0 fully saturated rings. The average molecular weight is 226 g/mol. The van der Waals surface area contributed by atoms with Gasteiger partial charge in [0.25, 0.3) is 0 Å². The highest BCUT2D eigenvalue weighted by molar-refractivity contribution is 7.99. The third kappa shape index (κ3) is 2.58. The van der Waals surface area contributed by atoms with Crippen molar-refractivity contribution in [2.75, 3.05) is 12.5 Å². The van der Waals surface area contributed by atoms with Crippen LogP contribution in [0.25, 0.3) is 0 Å². The smallest absolute Gasteiger partial charge is 0.196 e. The molecule has 2 rings (SSSR count). The van der Waals surface area contributed by atoms with E-state index in [2.05, 4.69) is 0 Å². The fraction of sp³-hybridized carbons (Fsp3) is 0.455. The number of hydrogen-bond acceptors (Lipinski definition) is 4. The molecule has 0 saturated heterocycles. The van der Waals surface area contributed by atoms with Crippen molar-refractivity contribution in [2.45, 2.75) is 25.0 Å². The minimum absolute atomic E-state index is 0.208. The molecule has 3 nitrogen and oxygen atoms in total. The molecule has 1 unspecified atom stereocenters. The second-order valence-electron chi connectivity index (χ2n) is 3.16. The Hall–Kier alpha value is -0.870. The summed E-state index contributed by atoms with van der Waals surface area (Å²) in [4.78, 5) is 1.14. The predicted octanol–water partition coefficient (Wildman–Crippen LogP) is 2.89. The highest BCUT2D eigenvalue weighted by Crippen LogP contribution is 2.38. The quantitative estimate of drug-likeness (QED) is 0.738. The first-order valence-electron chi connectivity index (χ1n) is 4.97. The van der Waals surface area contributed by atoms with Crippen LogP contribution in [0.5, 0.6) is 11.5 Å². The normalized spacial score (nSPS) is 15.6. The highest BCUT2D eigenvalue weighted by Gasteiger charge is 2.14. The zero-order valence-corrected chi connectivity index (χ0v) is 9.67. The summed E-state index contributed by atoms with van der Waals surface area (Å²) in [6.45, 7) is 4.50. The summed E-state index contributed by atoms with van der Waals surface area (Å²) in [5.74, 6) is 2.46. The molecule has 0 aliphatic carbocycles. The van der Waals surface area contributed by atoms with E-state index in [0.29, 0.717) is 12.5 Å². The second-order valence-corrected chi connectivity index (χ2v) is 4.12. The van der Waals surface area contributed by atoms with Crippen molar-refractivity contribution in [3.63, 3.8) is 0 Å². The molecule has 1 aliphatic rings. The molecule has 4 heteroatoms.